The molecular weight excluding hydrogens is 276 g/mol. The SMILES string of the molecule is Cn1cc(C#N)cc1-c1nc(-c2ccccc2Cl)no1. The van der Waals surface area contributed by atoms with E-state index in [1.807, 2.05) is 25.2 Å². The Morgan fingerprint density at radius 2 is 2.15 bits per heavy atom. The van der Waals surface area contributed by atoms with Gasteiger partial charge < -0.3 is 9.09 Å². The minimum Gasteiger partial charge on any atom is -0.345 e. The van der Waals surface area contributed by atoms with E-state index in [0.717, 1.165) is 0 Å². The molecule has 2 heterocycles. The van der Waals surface area contributed by atoms with Crippen LogP contribution in [-0.2, 0) is 7.05 Å². The Balaban J connectivity index is 2.05. The number of hydrogen-bond acceptors (Lipinski definition) is 4. The van der Waals surface area contributed by atoms with Crippen LogP contribution in [0.2, 0.25) is 5.02 Å². The van der Waals surface area contributed by atoms with Crippen molar-refractivity contribution in [2.24, 2.45) is 7.05 Å². The Kier molecular flexibility index (Phi) is 3.01. The second-order valence-corrected chi connectivity index (χ2v) is 4.65. The second kappa shape index (κ2) is 4.83. The standard InChI is InChI=1S/C14H9ClN4O/c1-19-8-9(7-16)6-12(19)14-17-13(18-20-14)10-4-2-3-5-11(10)15/h2-6,8H,1H3. The second-order valence-electron chi connectivity index (χ2n) is 4.24. The first-order chi connectivity index (χ1) is 9.69. The maximum atomic E-state index is 8.89. The predicted molar refractivity (Wildman–Crippen MR) is 73.9 cm³/mol. The highest BCUT2D eigenvalue weighted by Gasteiger charge is 2.15. The van der Waals surface area contributed by atoms with Crippen LogP contribution in [0.1, 0.15) is 5.56 Å². The minimum atomic E-state index is 0.351. The maximum Gasteiger partial charge on any atom is 0.274 e. The summed E-state index contributed by atoms with van der Waals surface area (Å²) in [5.41, 5.74) is 1.94. The first-order valence-corrected chi connectivity index (χ1v) is 6.22. The summed E-state index contributed by atoms with van der Waals surface area (Å²) >= 11 is 6.10. The molecule has 0 aliphatic carbocycles. The van der Waals surface area contributed by atoms with Crippen molar-refractivity contribution in [3.8, 4) is 29.0 Å². The van der Waals surface area contributed by atoms with Gasteiger partial charge in [0.15, 0.2) is 0 Å². The molecule has 0 atom stereocenters. The fraction of sp³-hybridized carbons (Fsp3) is 0.0714. The van der Waals surface area contributed by atoms with Crippen molar-refractivity contribution in [3.05, 3.63) is 47.1 Å². The minimum absolute atomic E-state index is 0.351. The molecule has 0 bridgehead atoms. The molecule has 0 aliphatic rings. The lowest BCUT2D eigenvalue weighted by molar-refractivity contribution is 0.429. The van der Waals surface area contributed by atoms with Crippen molar-refractivity contribution in [2.75, 3.05) is 0 Å². The van der Waals surface area contributed by atoms with Crippen LogP contribution < -0.4 is 0 Å². The van der Waals surface area contributed by atoms with Gasteiger partial charge >= 0.3 is 0 Å². The van der Waals surface area contributed by atoms with E-state index in [1.165, 1.54) is 0 Å². The van der Waals surface area contributed by atoms with Crippen LogP contribution in [0.4, 0.5) is 0 Å². The molecule has 2 aromatic heterocycles. The molecule has 0 N–H and O–H groups in total. The van der Waals surface area contributed by atoms with E-state index >= 15 is 0 Å². The van der Waals surface area contributed by atoms with Crippen molar-refractivity contribution in [3.63, 3.8) is 0 Å². The molecular formula is C14H9ClN4O. The highest BCUT2D eigenvalue weighted by Crippen LogP contribution is 2.27. The first-order valence-electron chi connectivity index (χ1n) is 5.84. The fourth-order valence-electron chi connectivity index (χ4n) is 1.92. The predicted octanol–water partition coefficient (Wildman–Crippen LogP) is 3.27. The Bertz CT molecular complexity index is 813. The zero-order valence-corrected chi connectivity index (χ0v) is 11.3. The summed E-state index contributed by atoms with van der Waals surface area (Å²) < 4.78 is 7.02. The van der Waals surface area contributed by atoms with Gasteiger partial charge in [0.05, 0.1) is 10.6 Å². The van der Waals surface area contributed by atoms with Crippen molar-refractivity contribution >= 4 is 11.6 Å². The number of halogens is 1. The zero-order valence-electron chi connectivity index (χ0n) is 10.5. The number of nitrogens with zero attached hydrogens (tertiary/aromatic N) is 4. The Hall–Kier alpha value is -2.58. The molecule has 0 spiro atoms. The van der Waals surface area contributed by atoms with E-state index in [0.29, 0.717) is 33.6 Å². The summed E-state index contributed by atoms with van der Waals surface area (Å²) in [6.07, 6.45) is 1.70. The van der Waals surface area contributed by atoms with Gasteiger partial charge in [-0.25, -0.2) is 0 Å². The summed E-state index contributed by atoms with van der Waals surface area (Å²) in [5.74, 6) is 0.772. The van der Waals surface area contributed by atoms with Gasteiger partial charge in [-0.3, -0.25) is 0 Å². The van der Waals surface area contributed by atoms with Crippen molar-refractivity contribution in [2.45, 2.75) is 0 Å². The largest absolute Gasteiger partial charge is 0.345 e. The molecule has 0 amide bonds. The Morgan fingerprint density at radius 1 is 1.35 bits per heavy atom. The van der Waals surface area contributed by atoms with E-state index in [2.05, 4.69) is 16.2 Å². The van der Waals surface area contributed by atoms with Crippen LogP contribution in [0, 0.1) is 11.3 Å². The number of rotatable bonds is 2. The van der Waals surface area contributed by atoms with Gasteiger partial charge in [-0.2, -0.15) is 10.2 Å². The molecule has 0 saturated carbocycles. The van der Waals surface area contributed by atoms with Crippen LogP contribution in [0.3, 0.4) is 0 Å². The molecule has 3 aromatic rings. The number of benzene rings is 1. The van der Waals surface area contributed by atoms with E-state index in [4.69, 9.17) is 21.4 Å². The molecule has 5 nitrogen and oxygen atoms in total. The first kappa shape index (κ1) is 12.5. The highest BCUT2D eigenvalue weighted by molar-refractivity contribution is 6.33. The highest BCUT2D eigenvalue weighted by atomic mass is 35.5. The van der Waals surface area contributed by atoms with Crippen LogP contribution in [-0.4, -0.2) is 14.7 Å². The van der Waals surface area contributed by atoms with Gasteiger partial charge in [0, 0.05) is 18.8 Å². The zero-order chi connectivity index (χ0) is 14.1. The van der Waals surface area contributed by atoms with Gasteiger partial charge in [-0.05, 0) is 18.2 Å². The van der Waals surface area contributed by atoms with E-state index in [1.54, 1.807) is 22.9 Å². The lowest BCUT2D eigenvalue weighted by Gasteiger charge is -1.96. The molecule has 1 aromatic carbocycles. The summed E-state index contributed by atoms with van der Waals surface area (Å²) in [6.45, 7) is 0. The van der Waals surface area contributed by atoms with Crippen molar-refractivity contribution < 1.29 is 4.52 Å². The molecule has 0 saturated heterocycles. The van der Waals surface area contributed by atoms with E-state index in [-0.39, 0.29) is 0 Å². The summed E-state index contributed by atoms with van der Waals surface area (Å²) in [4.78, 5) is 4.33. The van der Waals surface area contributed by atoms with Gasteiger partial charge in [0.25, 0.3) is 5.89 Å². The molecule has 0 fully saturated rings. The lowest BCUT2D eigenvalue weighted by Crippen LogP contribution is -1.89. The molecule has 98 valence electrons. The molecule has 20 heavy (non-hydrogen) atoms. The smallest absolute Gasteiger partial charge is 0.274 e. The van der Waals surface area contributed by atoms with Gasteiger partial charge in [0.1, 0.15) is 11.8 Å². The molecule has 6 heteroatoms. The van der Waals surface area contributed by atoms with Gasteiger partial charge in [-0.15, -0.1) is 0 Å². The average molecular weight is 285 g/mol. The summed E-state index contributed by atoms with van der Waals surface area (Å²) in [5, 5.41) is 13.4. The maximum absolute atomic E-state index is 8.89. The number of nitriles is 1. The molecule has 0 radical (unpaired) electrons. The normalized spacial score (nSPS) is 10.4. The van der Waals surface area contributed by atoms with E-state index in [9.17, 15) is 0 Å². The van der Waals surface area contributed by atoms with Gasteiger partial charge in [-0.1, -0.05) is 28.9 Å². The molecule has 3 rings (SSSR count). The third kappa shape index (κ3) is 2.06. The monoisotopic (exact) mass is 284 g/mol. The number of aryl methyl sites for hydroxylation is 1. The average Bonchev–Trinajstić information content (AvgIpc) is 3.05. The van der Waals surface area contributed by atoms with Crippen LogP contribution in [0.5, 0.6) is 0 Å². The third-order valence-electron chi connectivity index (χ3n) is 2.89. The van der Waals surface area contributed by atoms with Gasteiger partial charge in [0.2, 0.25) is 5.82 Å². The van der Waals surface area contributed by atoms with Crippen LogP contribution in [0.15, 0.2) is 41.1 Å². The topological polar surface area (TPSA) is 67.6 Å². The van der Waals surface area contributed by atoms with Crippen LogP contribution in [0.25, 0.3) is 23.0 Å². The quantitative estimate of drug-likeness (QED) is 0.724. The Morgan fingerprint density at radius 3 is 2.85 bits per heavy atom. The van der Waals surface area contributed by atoms with Crippen molar-refractivity contribution in [1.29, 1.82) is 5.26 Å². The molecule has 0 aliphatic heterocycles. The lowest BCUT2D eigenvalue weighted by atomic mass is 10.2. The summed E-state index contributed by atoms with van der Waals surface area (Å²) in [6, 6.07) is 11.1. The number of hydrogen-bond donors (Lipinski definition) is 0. The Labute approximate surface area is 120 Å². The van der Waals surface area contributed by atoms with Crippen molar-refractivity contribution in [1.82, 2.24) is 14.7 Å². The van der Waals surface area contributed by atoms with E-state index < -0.39 is 0 Å². The number of aromatic nitrogens is 3. The summed E-state index contributed by atoms with van der Waals surface area (Å²) in [7, 11) is 1.82. The third-order valence-corrected chi connectivity index (χ3v) is 3.22. The van der Waals surface area contributed by atoms with Crippen LogP contribution >= 0.6 is 11.6 Å². The molecule has 0 unspecified atom stereocenters. The fourth-order valence-corrected chi connectivity index (χ4v) is 2.14.